The molecular weight excluding hydrogens is 222 g/mol. The summed E-state index contributed by atoms with van der Waals surface area (Å²) in [4.78, 5) is 11.7. The standard InChI is InChI=1S/C6H7N.C5H6N2.2C2H6/c1-6-4-2-3-5-7-6;1-5-4-6-2-3-7-5;2*1-2/h2-5H,1H3;2-4H,1H3;2*1-2H3. The lowest BCUT2D eigenvalue weighted by atomic mass is 10.4. The maximum atomic E-state index is 3.98. The van der Waals surface area contributed by atoms with Crippen LogP contribution in [0.15, 0.2) is 43.0 Å². The van der Waals surface area contributed by atoms with Crippen molar-refractivity contribution in [3.8, 4) is 0 Å². The van der Waals surface area contributed by atoms with Gasteiger partial charge in [-0.05, 0) is 26.0 Å². The zero-order valence-electron chi connectivity index (χ0n) is 12.4. The van der Waals surface area contributed by atoms with E-state index in [1.165, 1.54) is 0 Å². The second kappa shape index (κ2) is 15.2. The van der Waals surface area contributed by atoms with Gasteiger partial charge in [0.05, 0.1) is 5.69 Å². The second-order valence-corrected chi connectivity index (χ2v) is 2.82. The van der Waals surface area contributed by atoms with E-state index in [2.05, 4.69) is 15.0 Å². The molecule has 0 spiro atoms. The molecule has 0 aliphatic heterocycles. The van der Waals surface area contributed by atoms with Crippen LogP contribution in [-0.2, 0) is 0 Å². The molecule has 0 saturated carbocycles. The van der Waals surface area contributed by atoms with E-state index in [0.717, 1.165) is 11.4 Å². The molecule has 0 fully saturated rings. The fourth-order valence-electron chi connectivity index (χ4n) is 0.822. The normalized spacial score (nSPS) is 7.44. The van der Waals surface area contributed by atoms with Crippen molar-refractivity contribution in [2.24, 2.45) is 0 Å². The largest absolute Gasteiger partial charge is 0.262 e. The molecule has 18 heavy (non-hydrogen) atoms. The zero-order chi connectivity index (χ0) is 14.2. The summed E-state index contributed by atoms with van der Waals surface area (Å²) in [5, 5.41) is 0. The van der Waals surface area contributed by atoms with Crippen molar-refractivity contribution < 1.29 is 0 Å². The summed E-state index contributed by atoms with van der Waals surface area (Å²) in [6, 6.07) is 5.86. The van der Waals surface area contributed by atoms with Gasteiger partial charge in [-0.1, -0.05) is 33.8 Å². The van der Waals surface area contributed by atoms with Crippen molar-refractivity contribution in [1.29, 1.82) is 0 Å². The van der Waals surface area contributed by atoms with Gasteiger partial charge in [-0.15, -0.1) is 0 Å². The lowest BCUT2D eigenvalue weighted by Crippen LogP contribution is -1.77. The Hall–Kier alpha value is -1.77. The van der Waals surface area contributed by atoms with Crippen molar-refractivity contribution in [1.82, 2.24) is 15.0 Å². The minimum atomic E-state index is 0.961. The van der Waals surface area contributed by atoms with Gasteiger partial charge in [0.25, 0.3) is 0 Å². The molecule has 0 aliphatic rings. The highest BCUT2D eigenvalue weighted by atomic mass is 14.7. The zero-order valence-corrected chi connectivity index (χ0v) is 12.4. The van der Waals surface area contributed by atoms with Crippen molar-refractivity contribution >= 4 is 0 Å². The van der Waals surface area contributed by atoms with Crippen LogP contribution in [0.4, 0.5) is 0 Å². The van der Waals surface area contributed by atoms with Gasteiger partial charge in [-0.3, -0.25) is 15.0 Å². The molecule has 0 unspecified atom stereocenters. The monoisotopic (exact) mass is 247 g/mol. The number of pyridine rings is 1. The van der Waals surface area contributed by atoms with Gasteiger partial charge in [-0.25, -0.2) is 0 Å². The van der Waals surface area contributed by atoms with Crippen LogP contribution < -0.4 is 0 Å². The van der Waals surface area contributed by atoms with E-state index in [9.17, 15) is 0 Å². The average molecular weight is 247 g/mol. The third-order valence-corrected chi connectivity index (χ3v) is 1.51. The molecule has 2 rings (SSSR count). The summed E-state index contributed by atoms with van der Waals surface area (Å²) < 4.78 is 0. The summed E-state index contributed by atoms with van der Waals surface area (Å²) in [6.07, 6.45) is 6.84. The van der Waals surface area contributed by atoms with E-state index in [4.69, 9.17) is 0 Å². The predicted molar refractivity (Wildman–Crippen MR) is 78.4 cm³/mol. The molecule has 0 N–H and O–H groups in total. The van der Waals surface area contributed by atoms with Gasteiger partial charge in [0, 0.05) is 30.5 Å². The number of aromatic nitrogens is 3. The Balaban J connectivity index is 0. The number of aryl methyl sites for hydroxylation is 2. The minimum Gasteiger partial charge on any atom is -0.262 e. The van der Waals surface area contributed by atoms with Gasteiger partial charge in [0.15, 0.2) is 0 Å². The van der Waals surface area contributed by atoms with E-state index in [0.29, 0.717) is 0 Å². The molecule has 0 radical (unpaired) electrons. The Labute approximate surface area is 111 Å². The van der Waals surface area contributed by atoms with Crippen LogP contribution >= 0.6 is 0 Å². The number of nitrogens with zero attached hydrogens (tertiary/aromatic N) is 3. The third-order valence-electron chi connectivity index (χ3n) is 1.51. The number of hydrogen-bond donors (Lipinski definition) is 0. The quantitative estimate of drug-likeness (QED) is 0.699. The lowest BCUT2D eigenvalue weighted by molar-refractivity contribution is 1.12. The maximum Gasteiger partial charge on any atom is 0.0555 e. The van der Waals surface area contributed by atoms with Crippen molar-refractivity contribution in [3.05, 3.63) is 54.4 Å². The van der Waals surface area contributed by atoms with E-state index < -0.39 is 0 Å². The summed E-state index contributed by atoms with van der Waals surface area (Å²) >= 11 is 0. The first-order valence-corrected chi connectivity index (χ1v) is 6.39. The predicted octanol–water partition coefficient (Wildman–Crippen LogP) is 4.23. The van der Waals surface area contributed by atoms with Crippen LogP contribution in [0.5, 0.6) is 0 Å². The van der Waals surface area contributed by atoms with Crippen molar-refractivity contribution in [2.75, 3.05) is 0 Å². The summed E-state index contributed by atoms with van der Waals surface area (Å²) in [7, 11) is 0. The molecule has 3 nitrogen and oxygen atoms in total. The topological polar surface area (TPSA) is 38.7 Å². The van der Waals surface area contributed by atoms with E-state index in [-0.39, 0.29) is 0 Å². The SMILES string of the molecule is CC.CC.Cc1ccccn1.Cc1cnccn1. The second-order valence-electron chi connectivity index (χ2n) is 2.82. The van der Waals surface area contributed by atoms with Crippen LogP contribution in [0, 0.1) is 13.8 Å². The minimum absolute atomic E-state index is 0.961. The van der Waals surface area contributed by atoms with E-state index in [1.807, 2.05) is 59.7 Å². The van der Waals surface area contributed by atoms with Crippen LogP contribution in [-0.4, -0.2) is 15.0 Å². The Kier molecular flexibility index (Phi) is 15.7. The first-order chi connectivity index (χ1) is 8.79. The first kappa shape index (κ1) is 18.6. The van der Waals surface area contributed by atoms with Crippen LogP contribution in [0.2, 0.25) is 0 Å². The summed E-state index contributed by atoms with van der Waals surface area (Å²) in [5.41, 5.74) is 2.03. The van der Waals surface area contributed by atoms with Crippen LogP contribution in [0.25, 0.3) is 0 Å². The van der Waals surface area contributed by atoms with Crippen LogP contribution in [0.3, 0.4) is 0 Å². The lowest BCUT2D eigenvalue weighted by Gasteiger charge is -1.82. The third kappa shape index (κ3) is 12.3. The Morgan fingerprint density at radius 2 is 1.33 bits per heavy atom. The first-order valence-electron chi connectivity index (χ1n) is 6.39. The summed E-state index contributed by atoms with van der Waals surface area (Å²) in [5.74, 6) is 0. The van der Waals surface area contributed by atoms with Crippen LogP contribution in [0.1, 0.15) is 39.1 Å². The number of rotatable bonds is 0. The van der Waals surface area contributed by atoms with Crippen molar-refractivity contribution in [2.45, 2.75) is 41.5 Å². The Morgan fingerprint density at radius 1 is 0.722 bits per heavy atom. The highest BCUT2D eigenvalue weighted by molar-refractivity contribution is 4.99. The Morgan fingerprint density at radius 3 is 1.56 bits per heavy atom. The molecule has 0 atom stereocenters. The Bertz CT molecular complexity index is 309. The molecule has 2 aromatic heterocycles. The molecule has 0 bridgehead atoms. The highest BCUT2D eigenvalue weighted by Gasteiger charge is 1.74. The van der Waals surface area contributed by atoms with Crippen molar-refractivity contribution in [3.63, 3.8) is 0 Å². The smallest absolute Gasteiger partial charge is 0.0555 e. The molecule has 3 heteroatoms. The molecule has 0 amide bonds. The molecular formula is C15H25N3. The van der Waals surface area contributed by atoms with Gasteiger partial charge >= 0.3 is 0 Å². The highest BCUT2D eigenvalue weighted by Crippen LogP contribution is 1.86. The van der Waals surface area contributed by atoms with Gasteiger partial charge in [-0.2, -0.15) is 0 Å². The van der Waals surface area contributed by atoms with E-state index in [1.54, 1.807) is 24.8 Å². The fourth-order valence-corrected chi connectivity index (χ4v) is 0.822. The molecule has 100 valence electrons. The number of hydrogen-bond acceptors (Lipinski definition) is 3. The molecule has 2 aromatic rings. The summed E-state index contributed by atoms with van der Waals surface area (Å²) in [6.45, 7) is 11.9. The van der Waals surface area contributed by atoms with Gasteiger partial charge in [0.1, 0.15) is 0 Å². The molecule has 0 saturated heterocycles. The molecule has 0 aromatic carbocycles. The molecule has 0 aliphatic carbocycles. The van der Waals surface area contributed by atoms with Gasteiger partial charge < -0.3 is 0 Å². The maximum absolute atomic E-state index is 3.98. The van der Waals surface area contributed by atoms with E-state index >= 15 is 0 Å². The molecule has 2 heterocycles. The fraction of sp³-hybridized carbons (Fsp3) is 0.400. The average Bonchev–Trinajstić information content (AvgIpc) is 2.46. The van der Waals surface area contributed by atoms with Gasteiger partial charge in [0.2, 0.25) is 0 Å².